The van der Waals surface area contributed by atoms with Crippen LogP contribution in [0.15, 0.2) is 22.7 Å². The Bertz CT molecular complexity index is 444. The molecule has 0 heterocycles. The molecule has 104 valence electrons. The Morgan fingerprint density at radius 3 is 2.84 bits per heavy atom. The van der Waals surface area contributed by atoms with E-state index >= 15 is 0 Å². The number of aliphatic hydroxyl groups is 1. The molecule has 3 rings (SSSR count). The normalized spacial score (nSPS) is 24.0. The van der Waals surface area contributed by atoms with Crippen LogP contribution >= 0.6 is 15.9 Å². The topological polar surface area (TPSA) is 32.3 Å². The lowest BCUT2D eigenvalue weighted by Gasteiger charge is -2.30. The summed E-state index contributed by atoms with van der Waals surface area (Å²) in [4.78, 5) is 0. The van der Waals surface area contributed by atoms with Crippen LogP contribution in [0.1, 0.15) is 36.8 Å². The Labute approximate surface area is 123 Å². The second-order valence-electron chi connectivity index (χ2n) is 5.98. The van der Waals surface area contributed by atoms with E-state index in [4.69, 9.17) is 0 Å². The molecule has 2 aliphatic carbocycles. The number of aryl methyl sites for hydroxylation is 1. The number of hydrogen-bond donors (Lipinski definition) is 2. The zero-order chi connectivity index (χ0) is 13.2. The summed E-state index contributed by atoms with van der Waals surface area (Å²) in [6, 6.07) is 7.79. The number of halogens is 1. The van der Waals surface area contributed by atoms with Crippen LogP contribution in [0.3, 0.4) is 0 Å². The predicted octanol–water partition coefficient (Wildman–Crippen LogP) is 3.06. The molecular weight excluding hydrogens is 302 g/mol. The summed E-state index contributed by atoms with van der Waals surface area (Å²) in [6.07, 6.45) is 7.12. The smallest absolute Gasteiger partial charge is 0.0445 e. The molecule has 1 aromatic carbocycles. The zero-order valence-corrected chi connectivity index (χ0v) is 12.8. The predicted molar refractivity (Wildman–Crippen MR) is 81.3 cm³/mol. The average Bonchev–Trinajstić information content (AvgIpc) is 3.23. The van der Waals surface area contributed by atoms with E-state index in [1.54, 1.807) is 0 Å². The van der Waals surface area contributed by atoms with Gasteiger partial charge in [-0.3, -0.25) is 0 Å². The van der Waals surface area contributed by atoms with Gasteiger partial charge in [0.2, 0.25) is 0 Å². The molecule has 0 radical (unpaired) electrons. The highest BCUT2D eigenvalue weighted by molar-refractivity contribution is 9.10. The molecule has 0 bridgehead atoms. The van der Waals surface area contributed by atoms with Crippen molar-refractivity contribution in [2.24, 2.45) is 5.92 Å². The van der Waals surface area contributed by atoms with Crippen LogP contribution in [0, 0.1) is 5.92 Å². The Hall–Kier alpha value is -0.380. The van der Waals surface area contributed by atoms with E-state index in [2.05, 4.69) is 39.4 Å². The van der Waals surface area contributed by atoms with Crippen LogP contribution in [0.2, 0.25) is 0 Å². The molecule has 0 amide bonds. The molecule has 2 aliphatic rings. The maximum Gasteiger partial charge on any atom is 0.0445 e. The molecule has 19 heavy (non-hydrogen) atoms. The lowest BCUT2D eigenvalue weighted by molar-refractivity contribution is 0.244. The average molecular weight is 324 g/mol. The van der Waals surface area contributed by atoms with Crippen molar-refractivity contribution in [2.75, 3.05) is 6.61 Å². The minimum atomic E-state index is 0.310. The summed E-state index contributed by atoms with van der Waals surface area (Å²) in [5.74, 6) is 0.818. The Morgan fingerprint density at radius 1 is 1.26 bits per heavy atom. The monoisotopic (exact) mass is 323 g/mol. The lowest BCUT2D eigenvalue weighted by atomic mass is 9.87. The first-order chi connectivity index (χ1) is 9.26. The molecule has 0 aromatic heterocycles. The Balaban J connectivity index is 1.63. The number of nitrogens with one attached hydrogen (secondary N) is 1. The standard InChI is InChI=1S/C16H22BrNO/c17-14-5-3-13-10-15(6-4-12(13)9-14)18-16(7-8-19)11-1-2-11/h3,5,9,11,15-16,18-19H,1-2,4,6-8,10H2/t15-,16+/m1/s1. The van der Waals surface area contributed by atoms with Crippen LogP contribution in [0.25, 0.3) is 0 Å². The minimum absolute atomic E-state index is 0.310. The summed E-state index contributed by atoms with van der Waals surface area (Å²) in [6.45, 7) is 0.310. The van der Waals surface area contributed by atoms with Crippen molar-refractivity contribution in [3.05, 3.63) is 33.8 Å². The fourth-order valence-electron chi connectivity index (χ4n) is 3.26. The molecular formula is C16H22BrNO. The van der Waals surface area contributed by atoms with Crippen LogP contribution < -0.4 is 5.32 Å². The zero-order valence-electron chi connectivity index (χ0n) is 11.2. The third-order valence-electron chi connectivity index (χ3n) is 4.48. The van der Waals surface area contributed by atoms with E-state index in [-0.39, 0.29) is 0 Å². The first kappa shape index (κ1) is 13.6. The number of aliphatic hydroxyl groups excluding tert-OH is 1. The van der Waals surface area contributed by atoms with E-state index in [1.165, 1.54) is 41.3 Å². The van der Waals surface area contributed by atoms with Gasteiger partial charge in [-0.05, 0) is 67.7 Å². The first-order valence-corrected chi connectivity index (χ1v) is 8.20. The van der Waals surface area contributed by atoms with E-state index in [9.17, 15) is 5.11 Å². The van der Waals surface area contributed by atoms with Crippen molar-refractivity contribution in [3.8, 4) is 0 Å². The minimum Gasteiger partial charge on any atom is -0.396 e. The van der Waals surface area contributed by atoms with Crippen molar-refractivity contribution in [1.29, 1.82) is 0 Å². The molecule has 0 saturated heterocycles. The highest BCUT2D eigenvalue weighted by Gasteiger charge is 2.32. The quantitative estimate of drug-likeness (QED) is 0.872. The first-order valence-electron chi connectivity index (χ1n) is 7.40. The van der Waals surface area contributed by atoms with Crippen molar-refractivity contribution in [2.45, 2.75) is 50.6 Å². The largest absolute Gasteiger partial charge is 0.396 e. The van der Waals surface area contributed by atoms with Crippen LogP contribution in [-0.2, 0) is 12.8 Å². The molecule has 1 fully saturated rings. The van der Waals surface area contributed by atoms with Crippen molar-refractivity contribution >= 4 is 15.9 Å². The molecule has 1 saturated carbocycles. The van der Waals surface area contributed by atoms with Crippen molar-refractivity contribution < 1.29 is 5.11 Å². The second kappa shape index (κ2) is 5.94. The van der Waals surface area contributed by atoms with Gasteiger partial charge in [-0.1, -0.05) is 22.0 Å². The van der Waals surface area contributed by atoms with Gasteiger partial charge in [0.1, 0.15) is 0 Å². The van der Waals surface area contributed by atoms with Gasteiger partial charge in [0.05, 0.1) is 0 Å². The maximum atomic E-state index is 9.19. The highest BCUT2D eigenvalue weighted by atomic mass is 79.9. The summed E-state index contributed by atoms with van der Waals surface area (Å²) < 4.78 is 1.19. The van der Waals surface area contributed by atoms with Gasteiger partial charge in [-0.25, -0.2) is 0 Å². The number of benzene rings is 1. The highest BCUT2D eigenvalue weighted by Crippen LogP contribution is 2.35. The lowest BCUT2D eigenvalue weighted by Crippen LogP contribution is -2.43. The van der Waals surface area contributed by atoms with Gasteiger partial charge in [0.15, 0.2) is 0 Å². The summed E-state index contributed by atoms with van der Waals surface area (Å²) in [5.41, 5.74) is 2.99. The van der Waals surface area contributed by atoms with Gasteiger partial charge in [-0.2, -0.15) is 0 Å². The molecule has 2 atom stereocenters. The van der Waals surface area contributed by atoms with Gasteiger partial charge < -0.3 is 10.4 Å². The van der Waals surface area contributed by atoms with Crippen molar-refractivity contribution in [3.63, 3.8) is 0 Å². The molecule has 0 unspecified atom stereocenters. The number of fused-ring (bicyclic) bond motifs is 1. The summed E-state index contributed by atoms with van der Waals surface area (Å²) in [7, 11) is 0. The number of rotatable bonds is 5. The van der Waals surface area contributed by atoms with Gasteiger partial charge in [0.25, 0.3) is 0 Å². The van der Waals surface area contributed by atoms with E-state index < -0.39 is 0 Å². The molecule has 3 heteroatoms. The molecule has 2 N–H and O–H groups in total. The van der Waals surface area contributed by atoms with E-state index in [0.717, 1.165) is 18.8 Å². The Kier molecular flexibility index (Phi) is 4.25. The molecule has 0 aliphatic heterocycles. The maximum absolute atomic E-state index is 9.19. The third kappa shape index (κ3) is 3.39. The summed E-state index contributed by atoms with van der Waals surface area (Å²) >= 11 is 3.55. The molecule has 2 nitrogen and oxygen atoms in total. The van der Waals surface area contributed by atoms with Crippen LogP contribution in [0.4, 0.5) is 0 Å². The Morgan fingerprint density at radius 2 is 2.11 bits per heavy atom. The summed E-state index contributed by atoms with van der Waals surface area (Å²) in [5, 5.41) is 13.0. The van der Waals surface area contributed by atoms with Gasteiger partial charge in [-0.15, -0.1) is 0 Å². The van der Waals surface area contributed by atoms with Crippen LogP contribution in [0.5, 0.6) is 0 Å². The van der Waals surface area contributed by atoms with Crippen LogP contribution in [-0.4, -0.2) is 23.8 Å². The van der Waals surface area contributed by atoms with E-state index in [0.29, 0.717) is 18.7 Å². The fraction of sp³-hybridized carbons (Fsp3) is 0.625. The third-order valence-corrected chi connectivity index (χ3v) is 4.97. The van der Waals surface area contributed by atoms with E-state index in [1.807, 2.05) is 0 Å². The molecule has 1 aromatic rings. The fourth-order valence-corrected chi connectivity index (χ4v) is 3.67. The SMILES string of the molecule is OCC[C@H](N[C@@H]1CCc2cc(Br)ccc2C1)C1CC1. The number of hydrogen-bond acceptors (Lipinski definition) is 2. The second-order valence-corrected chi connectivity index (χ2v) is 6.89. The molecule has 0 spiro atoms. The van der Waals surface area contributed by atoms with Gasteiger partial charge >= 0.3 is 0 Å². The van der Waals surface area contributed by atoms with Crippen molar-refractivity contribution in [1.82, 2.24) is 5.32 Å². The van der Waals surface area contributed by atoms with Gasteiger partial charge in [0, 0.05) is 23.2 Å².